The number of halogens is 6. The predicted octanol–water partition coefficient (Wildman–Crippen LogP) is 5.20. The van der Waals surface area contributed by atoms with Crippen LogP contribution in [0.15, 0.2) is 0 Å². The summed E-state index contributed by atoms with van der Waals surface area (Å²) in [5, 5.41) is 0. The standard InChI is InChI=1S/C15H22F6O/c1-4-22-13(14(16,17)18,15(19,20)21)7-11-5-10-6-12(11)9(3)8(10)2/h8-12H,4-7H2,1-3H3. The maximum absolute atomic E-state index is 13.3. The van der Waals surface area contributed by atoms with Crippen LogP contribution in [0.3, 0.4) is 0 Å². The first kappa shape index (κ1) is 17.9. The van der Waals surface area contributed by atoms with Crippen LogP contribution < -0.4 is 0 Å². The third-order valence-corrected chi connectivity index (χ3v) is 5.89. The highest BCUT2D eigenvalue weighted by atomic mass is 19.4. The average molecular weight is 332 g/mol. The Labute approximate surface area is 126 Å². The summed E-state index contributed by atoms with van der Waals surface area (Å²) in [6.07, 6.45) is -10.7. The van der Waals surface area contributed by atoms with E-state index in [0.29, 0.717) is 12.3 Å². The van der Waals surface area contributed by atoms with E-state index in [1.807, 2.05) is 13.8 Å². The van der Waals surface area contributed by atoms with Crippen molar-refractivity contribution in [3.63, 3.8) is 0 Å². The van der Waals surface area contributed by atoms with Crippen LogP contribution in [-0.4, -0.2) is 24.6 Å². The molecule has 2 fully saturated rings. The van der Waals surface area contributed by atoms with E-state index in [0.717, 1.165) is 13.3 Å². The van der Waals surface area contributed by atoms with Crippen LogP contribution in [0.1, 0.15) is 40.0 Å². The molecule has 0 aromatic heterocycles. The fourth-order valence-electron chi connectivity index (χ4n) is 4.56. The van der Waals surface area contributed by atoms with Gasteiger partial charge in [-0.3, -0.25) is 0 Å². The summed E-state index contributed by atoms with van der Waals surface area (Å²) < 4.78 is 84.0. The average Bonchev–Trinajstić information content (AvgIpc) is 2.87. The molecule has 5 atom stereocenters. The molecule has 1 nitrogen and oxygen atoms in total. The molecule has 2 rings (SSSR count). The monoisotopic (exact) mass is 332 g/mol. The Balaban J connectivity index is 2.28. The number of hydrogen-bond donors (Lipinski definition) is 0. The molecule has 0 aromatic rings. The van der Waals surface area contributed by atoms with E-state index in [1.54, 1.807) is 0 Å². The van der Waals surface area contributed by atoms with Gasteiger partial charge in [0.15, 0.2) is 0 Å². The first-order chi connectivity index (χ1) is 9.94. The van der Waals surface area contributed by atoms with Crippen molar-refractivity contribution in [3.05, 3.63) is 0 Å². The molecule has 2 aliphatic rings. The first-order valence-corrected chi connectivity index (χ1v) is 7.72. The minimum absolute atomic E-state index is 0.0652. The molecule has 0 aliphatic heterocycles. The molecule has 0 aromatic carbocycles. The van der Waals surface area contributed by atoms with Crippen LogP contribution in [0.25, 0.3) is 0 Å². The smallest absolute Gasteiger partial charge is 0.358 e. The topological polar surface area (TPSA) is 9.23 Å². The Kier molecular flexibility index (Phi) is 4.52. The zero-order chi connectivity index (χ0) is 16.9. The van der Waals surface area contributed by atoms with Crippen molar-refractivity contribution in [1.82, 2.24) is 0 Å². The Morgan fingerprint density at radius 3 is 1.82 bits per heavy atom. The van der Waals surface area contributed by atoms with E-state index in [4.69, 9.17) is 0 Å². The van der Waals surface area contributed by atoms with Crippen LogP contribution in [-0.2, 0) is 4.74 Å². The van der Waals surface area contributed by atoms with Crippen molar-refractivity contribution in [2.24, 2.45) is 29.6 Å². The molecule has 5 unspecified atom stereocenters. The van der Waals surface area contributed by atoms with Crippen LogP contribution in [0.4, 0.5) is 26.3 Å². The zero-order valence-electron chi connectivity index (χ0n) is 12.9. The Bertz CT molecular complexity index is 386. The van der Waals surface area contributed by atoms with Crippen LogP contribution in [0, 0.1) is 29.6 Å². The lowest BCUT2D eigenvalue weighted by Crippen LogP contribution is -2.60. The summed E-state index contributed by atoms with van der Waals surface area (Å²) in [4.78, 5) is 0. The van der Waals surface area contributed by atoms with E-state index >= 15 is 0 Å². The number of ether oxygens (including phenoxy) is 1. The summed E-state index contributed by atoms with van der Waals surface area (Å²) in [6.45, 7) is 4.52. The SMILES string of the molecule is CCOC(CC1CC2CC1C(C)C2C)(C(F)(F)F)C(F)(F)F. The molecule has 0 saturated heterocycles. The second kappa shape index (κ2) is 5.56. The minimum Gasteiger partial charge on any atom is -0.358 e. The summed E-state index contributed by atoms with van der Waals surface area (Å²) >= 11 is 0. The predicted molar refractivity (Wildman–Crippen MR) is 69.1 cm³/mol. The van der Waals surface area contributed by atoms with E-state index in [9.17, 15) is 26.3 Å². The van der Waals surface area contributed by atoms with Gasteiger partial charge >= 0.3 is 12.4 Å². The fraction of sp³-hybridized carbons (Fsp3) is 1.00. The molecule has 2 saturated carbocycles. The lowest BCUT2D eigenvalue weighted by Gasteiger charge is -2.41. The van der Waals surface area contributed by atoms with Crippen molar-refractivity contribution in [3.8, 4) is 0 Å². The fourth-order valence-corrected chi connectivity index (χ4v) is 4.56. The second-order valence-electron chi connectivity index (χ2n) is 6.83. The molecule has 22 heavy (non-hydrogen) atoms. The first-order valence-electron chi connectivity index (χ1n) is 7.72. The van der Waals surface area contributed by atoms with Crippen molar-refractivity contribution < 1.29 is 31.1 Å². The lowest BCUT2D eigenvalue weighted by atomic mass is 9.71. The van der Waals surface area contributed by atoms with Gasteiger partial charge in [-0.15, -0.1) is 0 Å². The van der Waals surface area contributed by atoms with Crippen molar-refractivity contribution in [2.45, 2.75) is 58.0 Å². The zero-order valence-corrected chi connectivity index (χ0v) is 12.9. The summed E-state index contributed by atoms with van der Waals surface area (Å²) in [5.41, 5.74) is -4.03. The summed E-state index contributed by atoms with van der Waals surface area (Å²) in [6, 6.07) is 0. The molecule has 0 spiro atoms. The molecule has 7 heteroatoms. The van der Waals surface area contributed by atoms with Crippen LogP contribution >= 0.6 is 0 Å². The van der Waals surface area contributed by atoms with Crippen molar-refractivity contribution >= 4 is 0 Å². The summed E-state index contributed by atoms with van der Waals surface area (Å²) in [7, 11) is 0. The third-order valence-electron chi connectivity index (χ3n) is 5.89. The van der Waals surface area contributed by atoms with E-state index in [2.05, 4.69) is 4.74 Å². The molecular weight excluding hydrogens is 310 g/mol. The quantitative estimate of drug-likeness (QED) is 0.643. The highest BCUT2D eigenvalue weighted by Crippen LogP contribution is 2.60. The van der Waals surface area contributed by atoms with Crippen LogP contribution in [0.2, 0.25) is 0 Å². The number of fused-ring (bicyclic) bond motifs is 2. The van der Waals surface area contributed by atoms with Gasteiger partial charge in [0.25, 0.3) is 5.60 Å². The third kappa shape index (κ3) is 2.63. The molecule has 2 bridgehead atoms. The normalized spacial score (nSPS) is 36.1. The van der Waals surface area contributed by atoms with Crippen LogP contribution in [0.5, 0.6) is 0 Å². The van der Waals surface area contributed by atoms with Gasteiger partial charge in [-0.25, -0.2) is 0 Å². The minimum atomic E-state index is -5.46. The molecule has 130 valence electrons. The number of rotatable bonds is 4. The molecule has 2 aliphatic carbocycles. The van der Waals surface area contributed by atoms with E-state index in [1.165, 1.54) is 0 Å². The Morgan fingerprint density at radius 2 is 1.45 bits per heavy atom. The van der Waals surface area contributed by atoms with Gasteiger partial charge in [0.2, 0.25) is 0 Å². The van der Waals surface area contributed by atoms with E-state index < -0.39 is 36.9 Å². The van der Waals surface area contributed by atoms with Gasteiger partial charge in [0, 0.05) is 6.61 Å². The van der Waals surface area contributed by atoms with Gasteiger partial charge in [-0.1, -0.05) is 13.8 Å². The maximum Gasteiger partial charge on any atom is 0.426 e. The molecular formula is C15H22F6O. The van der Waals surface area contributed by atoms with Gasteiger partial charge < -0.3 is 4.74 Å². The molecule has 0 amide bonds. The Morgan fingerprint density at radius 1 is 0.909 bits per heavy atom. The van der Waals surface area contributed by atoms with Crippen molar-refractivity contribution in [2.75, 3.05) is 6.61 Å². The maximum atomic E-state index is 13.3. The van der Waals surface area contributed by atoms with Gasteiger partial charge in [-0.05, 0) is 55.8 Å². The number of hydrogen-bond acceptors (Lipinski definition) is 1. The lowest BCUT2D eigenvalue weighted by molar-refractivity contribution is -0.385. The highest BCUT2D eigenvalue weighted by molar-refractivity contribution is 5.04. The van der Waals surface area contributed by atoms with Gasteiger partial charge in [0.1, 0.15) is 0 Å². The molecule has 0 radical (unpaired) electrons. The summed E-state index contributed by atoms with van der Waals surface area (Å²) in [5.74, 6) is 0.144. The second-order valence-corrected chi connectivity index (χ2v) is 6.83. The Hall–Kier alpha value is -0.460. The molecule has 0 N–H and O–H groups in total. The van der Waals surface area contributed by atoms with Crippen molar-refractivity contribution in [1.29, 1.82) is 0 Å². The van der Waals surface area contributed by atoms with Gasteiger partial charge in [-0.2, -0.15) is 26.3 Å². The molecule has 0 heterocycles. The highest BCUT2D eigenvalue weighted by Gasteiger charge is 2.73. The largest absolute Gasteiger partial charge is 0.426 e. The van der Waals surface area contributed by atoms with Gasteiger partial charge in [0.05, 0.1) is 0 Å². The van der Waals surface area contributed by atoms with E-state index in [-0.39, 0.29) is 17.8 Å². The number of alkyl halides is 6.